The first-order valence-corrected chi connectivity index (χ1v) is 6.94. The normalized spacial score (nSPS) is 12.6. The van der Waals surface area contributed by atoms with Gasteiger partial charge in [-0.3, -0.25) is 11.3 Å². The van der Waals surface area contributed by atoms with Gasteiger partial charge < -0.3 is 4.74 Å². The van der Waals surface area contributed by atoms with E-state index in [0.29, 0.717) is 0 Å². The quantitative estimate of drug-likeness (QED) is 0.402. The lowest BCUT2D eigenvalue weighted by Gasteiger charge is -2.17. The molecule has 3 heteroatoms. The summed E-state index contributed by atoms with van der Waals surface area (Å²) in [5, 5.41) is 0. The molecule has 0 aromatic heterocycles. The molecule has 0 bridgehead atoms. The van der Waals surface area contributed by atoms with Crippen LogP contribution in [0.4, 0.5) is 0 Å². The van der Waals surface area contributed by atoms with Crippen molar-refractivity contribution >= 4 is 0 Å². The Morgan fingerprint density at radius 2 is 2.17 bits per heavy atom. The number of rotatable bonds is 9. The van der Waals surface area contributed by atoms with Crippen LogP contribution < -0.4 is 11.3 Å². The predicted octanol–water partition coefficient (Wildman–Crippen LogP) is 2.96. The van der Waals surface area contributed by atoms with E-state index in [1.165, 1.54) is 17.5 Å². The SMILES string of the molecule is CCCc1cccc(C(CCCOCC)NN)c1. The van der Waals surface area contributed by atoms with Gasteiger partial charge in [0, 0.05) is 19.3 Å². The highest BCUT2D eigenvalue weighted by molar-refractivity contribution is 5.26. The molecule has 1 rings (SSSR count). The average Bonchev–Trinajstić information content (AvgIpc) is 2.40. The molecule has 0 spiro atoms. The molecule has 1 aromatic rings. The van der Waals surface area contributed by atoms with E-state index in [1.54, 1.807) is 0 Å². The first-order chi connectivity index (χ1) is 8.81. The van der Waals surface area contributed by atoms with Crippen LogP contribution in [-0.4, -0.2) is 13.2 Å². The Bertz CT molecular complexity index is 328. The minimum atomic E-state index is 0.224. The van der Waals surface area contributed by atoms with Crippen LogP contribution in [0.15, 0.2) is 24.3 Å². The number of nitrogens with two attached hydrogens (primary N) is 1. The zero-order chi connectivity index (χ0) is 13.2. The molecule has 3 N–H and O–H groups in total. The van der Waals surface area contributed by atoms with Crippen LogP contribution in [-0.2, 0) is 11.2 Å². The third-order valence-corrected chi connectivity index (χ3v) is 3.08. The second-order valence-electron chi connectivity index (χ2n) is 4.55. The predicted molar refractivity (Wildman–Crippen MR) is 76.2 cm³/mol. The van der Waals surface area contributed by atoms with Gasteiger partial charge in [0.05, 0.1) is 0 Å². The lowest BCUT2D eigenvalue weighted by molar-refractivity contribution is 0.141. The largest absolute Gasteiger partial charge is 0.382 e. The standard InChI is InChI=1S/C15H26N2O/c1-3-7-13-8-5-9-14(12-13)15(17-16)10-6-11-18-4-2/h5,8-9,12,15,17H,3-4,6-7,10-11,16H2,1-2H3. The van der Waals surface area contributed by atoms with E-state index >= 15 is 0 Å². The van der Waals surface area contributed by atoms with E-state index in [2.05, 4.69) is 36.6 Å². The van der Waals surface area contributed by atoms with Crippen molar-refractivity contribution in [2.45, 2.75) is 45.6 Å². The molecule has 0 fully saturated rings. The van der Waals surface area contributed by atoms with Crippen LogP contribution >= 0.6 is 0 Å². The van der Waals surface area contributed by atoms with E-state index < -0.39 is 0 Å². The molecule has 1 unspecified atom stereocenters. The zero-order valence-corrected chi connectivity index (χ0v) is 11.6. The van der Waals surface area contributed by atoms with Gasteiger partial charge >= 0.3 is 0 Å². The maximum Gasteiger partial charge on any atom is 0.0466 e. The molecule has 0 radical (unpaired) electrons. The van der Waals surface area contributed by atoms with Crippen LogP contribution in [0.1, 0.15) is 50.3 Å². The second kappa shape index (κ2) is 9.09. The number of ether oxygens (including phenoxy) is 1. The van der Waals surface area contributed by atoms with Gasteiger partial charge in [-0.15, -0.1) is 0 Å². The molecule has 102 valence electrons. The smallest absolute Gasteiger partial charge is 0.0466 e. The molecular formula is C15H26N2O. The first-order valence-electron chi connectivity index (χ1n) is 6.94. The fourth-order valence-electron chi connectivity index (χ4n) is 2.13. The number of aryl methyl sites for hydroxylation is 1. The summed E-state index contributed by atoms with van der Waals surface area (Å²) >= 11 is 0. The van der Waals surface area contributed by atoms with Crippen molar-refractivity contribution in [1.82, 2.24) is 5.43 Å². The Morgan fingerprint density at radius 3 is 2.83 bits per heavy atom. The molecule has 0 saturated heterocycles. The minimum Gasteiger partial charge on any atom is -0.382 e. The van der Waals surface area contributed by atoms with E-state index in [9.17, 15) is 0 Å². The van der Waals surface area contributed by atoms with Crippen LogP contribution in [0.3, 0.4) is 0 Å². The van der Waals surface area contributed by atoms with Crippen LogP contribution in [0.2, 0.25) is 0 Å². The molecule has 18 heavy (non-hydrogen) atoms. The first kappa shape index (κ1) is 15.2. The maximum absolute atomic E-state index is 5.65. The summed E-state index contributed by atoms with van der Waals surface area (Å²) in [6.07, 6.45) is 4.34. The Labute approximate surface area is 111 Å². The third kappa shape index (κ3) is 5.17. The number of nitrogens with one attached hydrogen (secondary N) is 1. The summed E-state index contributed by atoms with van der Waals surface area (Å²) in [6.45, 7) is 5.82. The zero-order valence-electron chi connectivity index (χ0n) is 11.6. The lowest BCUT2D eigenvalue weighted by atomic mass is 9.99. The summed E-state index contributed by atoms with van der Waals surface area (Å²) in [6, 6.07) is 8.93. The molecular weight excluding hydrogens is 224 g/mol. The highest BCUT2D eigenvalue weighted by atomic mass is 16.5. The Morgan fingerprint density at radius 1 is 1.33 bits per heavy atom. The van der Waals surface area contributed by atoms with Crippen molar-refractivity contribution in [2.75, 3.05) is 13.2 Å². The van der Waals surface area contributed by atoms with Crippen molar-refractivity contribution in [1.29, 1.82) is 0 Å². The Balaban J connectivity index is 2.54. The maximum atomic E-state index is 5.65. The average molecular weight is 250 g/mol. The van der Waals surface area contributed by atoms with Gasteiger partial charge in [-0.1, -0.05) is 37.6 Å². The molecule has 0 saturated carbocycles. The highest BCUT2D eigenvalue weighted by Gasteiger charge is 2.09. The van der Waals surface area contributed by atoms with Crippen LogP contribution in [0, 0.1) is 0 Å². The van der Waals surface area contributed by atoms with E-state index in [-0.39, 0.29) is 6.04 Å². The molecule has 1 aromatic carbocycles. The van der Waals surface area contributed by atoms with Gasteiger partial charge in [-0.25, -0.2) is 0 Å². The Kier molecular flexibility index (Phi) is 7.65. The van der Waals surface area contributed by atoms with Crippen LogP contribution in [0.25, 0.3) is 0 Å². The summed E-state index contributed by atoms with van der Waals surface area (Å²) < 4.78 is 5.36. The van der Waals surface area contributed by atoms with Crippen molar-refractivity contribution in [3.63, 3.8) is 0 Å². The van der Waals surface area contributed by atoms with E-state index in [1.807, 2.05) is 6.92 Å². The van der Waals surface area contributed by atoms with Gasteiger partial charge in [-0.2, -0.15) is 0 Å². The summed E-state index contributed by atoms with van der Waals surface area (Å²) in [5.41, 5.74) is 5.58. The molecule has 1 atom stereocenters. The fraction of sp³-hybridized carbons (Fsp3) is 0.600. The second-order valence-corrected chi connectivity index (χ2v) is 4.55. The fourth-order valence-corrected chi connectivity index (χ4v) is 2.13. The van der Waals surface area contributed by atoms with Gasteiger partial charge in [0.1, 0.15) is 0 Å². The number of hydrogen-bond donors (Lipinski definition) is 2. The number of benzene rings is 1. The van der Waals surface area contributed by atoms with Gasteiger partial charge in [0.15, 0.2) is 0 Å². The van der Waals surface area contributed by atoms with Gasteiger partial charge in [0.2, 0.25) is 0 Å². The molecule has 0 aliphatic rings. The monoisotopic (exact) mass is 250 g/mol. The van der Waals surface area contributed by atoms with Crippen LogP contribution in [0.5, 0.6) is 0 Å². The third-order valence-electron chi connectivity index (χ3n) is 3.08. The lowest BCUT2D eigenvalue weighted by Crippen LogP contribution is -2.28. The molecule has 0 aliphatic heterocycles. The summed E-state index contributed by atoms with van der Waals surface area (Å²) in [4.78, 5) is 0. The van der Waals surface area contributed by atoms with Crippen molar-refractivity contribution in [3.05, 3.63) is 35.4 Å². The Hall–Kier alpha value is -0.900. The molecule has 3 nitrogen and oxygen atoms in total. The summed E-state index contributed by atoms with van der Waals surface area (Å²) in [5.74, 6) is 5.65. The molecule has 0 heterocycles. The number of hydrazine groups is 1. The van der Waals surface area contributed by atoms with E-state index in [4.69, 9.17) is 10.6 Å². The topological polar surface area (TPSA) is 47.3 Å². The minimum absolute atomic E-state index is 0.224. The number of hydrogen-bond acceptors (Lipinski definition) is 3. The van der Waals surface area contributed by atoms with E-state index in [0.717, 1.165) is 32.5 Å². The van der Waals surface area contributed by atoms with Crippen molar-refractivity contribution in [2.24, 2.45) is 5.84 Å². The van der Waals surface area contributed by atoms with Crippen molar-refractivity contribution in [3.8, 4) is 0 Å². The van der Waals surface area contributed by atoms with Gasteiger partial charge in [0.25, 0.3) is 0 Å². The summed E-state index contributed by atoms with van der Waals surface area (Å²) in [7, 11) is 0. The van der Waals surface area contributed by atoms with Crippen molar-refractivity contribution < 1.29 is 4.74 Å². The highest BCUT2D eigenvalue weighted by Crippen LogP contribution is 2.19. The van der Waals surface area contributed by atoms with Gasteiger partial charge in [-0.05, 0) is 37.3 Å². The molecule has 0 amide bonds. The molecule has 0 aliphatic carbocycles.